The largest absolute Gasteiger partial charge is 0.359 e. The fourth-order valence-corrected chi connectivity index (χ4v) is 3.61. The minimum absolute atomic E-state index is 0.218. The lowest BCUT2D eigenvalue weighted by molar-refractivity contribution is -0.128. The Bertz CT molecular complexity index is 249. The Balaban J connectivity index is 2.83. The third-order valence-corrected chi connectivity index (χ3v) is 4.61. The smallest absolute Gasteiger partial charge is 0.223 e. The van der Waals surface area contributed by atoms with Crippen molar-refractivity contribution in [3.63, 3.8) is 0 Å². The van der Waals surface area contributed by atoms with E-state index in [9.17, 15) is 4.79 Å². The van der Waals surface area contributed by atoms with Gasteiger partial charge in [0.05, 0.1) is 0 Å². The van der Waals surface area contributed by atoms with Crippen LogP contribution in [0.4, 0.5) is 0 Å². The maximum absolute atomic E-state index is 12.0. The third kappa shape index (κ3) is 3.46. The van der Waals surface area contributed by atoms with Gasteiger partial charge in [0.25, 0.3) is 0 Å². The highest BCUT2D eigenvalue weighted by Crippen LogP contribution is 2.42. The van der Waals surface area contributed by atoms with Gasteiger partial charge in [-0.1, -0.05) is 34.1 Å². The molecule has 0 aliphatic heterocycles. The molecule has 0 aromatic heterocycles. The molecular formula is C15H29NO. The normalized spacial score (nSPS) is 31.3. The predicted octanol–water partition coefficient (Wildman–Crippen LogP) is 3.47. The van der Waals surface area contributed by atoms with Gasteiger partial charge in [0.2, 0.25) is 5.91 Å². The lowest BCUT2D eigenvalue weighted by atomic mass is 9.64. The molecule has 17 heavy (non-hydrogen) atoms. The number of hydrogen-bond acceptors (Lipinski definition) is 1. The minimum atomic E-state index is 0.218. The van der Waals surface area contributed by atoms with Gasteiger partial charge in [0, 0.05) is 13.0 Å². The molecule has 0 bridgehead atoms. The van der Waals surface area contributed by atoms with Crippen LogP contribution in [0.1, 0.15) is 53.4 Å². The molecule has 0 heterocycles. The van der Waals surface area contributed by atoms with Crippen molar-refractivity contribution < 1.29 is 4.79 Å². The van der Waals surface area contributed by atoms with E-state index >= 15 is 0 Å². The first kappa shape index (κ1) is 14.5. The van der Waals surface area contributed by atoms with Crippen molar-refractivity contribution in [1.29, 1.82) is 0 Å². The highest BCUT2D eigenvalue weighted by Gasteiger charge is 2.37. The van der Waals surface area contributed by atoms with E-state index in [-0.39, 0.29) is 11.8 Å². The van der Waals surface area contributed by atoms with Gasteiger partial charge in [-0.15, -0.1) is 0 Å². The molecule has 1 saturated carbocycles. The summed E-state index contributed by atoms with van der Waals surface area (Å²) in [5.74, 6) is 3.27. The van der Waals surface area contributed by atoms with E-state index in [0.29, 0.717) is 11.8 Å². The lowest BCUT2D eigenvalue weighted by Crippen LogP contribution is -2.40. The number of nitrogens with one attached hydrogen (secondary N) is 1. The third-order valence-electron chi connectivity index (χ3n) is 4.61. The molecule has 0 saturated heterocycles. The Labute approximate surface area is 107 Å². The van der Waals surface area contributed by atoms with Gasteiger partial charge in [-0.05, 0) is 42.9 Å². The van der Waals surface area contributed by atoms with Crippen LogP contribution in [0.2, 0.25) is 0 Å². The second kappa shape index (κ2) is 6.42. The van der Waals surface area contributed by atoms with E-state index in [0.717, 1.165) is 18.3 Å². The highest BCUT2D eigenvalue weighted by molar-refractivity contribution is 5.78. The SMILES string of the molecule is CCC(C(=O)NC)C1CC(C)CCC1C(C)C. The molecule has 1 N–H and O–H groups in total. The zero-order valence-corrected chi connectivity index (χ0v) is 12.1. The van der Waals surface area contributed by atoms with E-state index in [1.54, 1.807) is 7.05 Å². The molecular weight excluding hydrogens is 210 g/mol. The zero-order chi connectivity index (χ0) is 13.0. The van der Waals surface area contributed by atoms with Crippen molar-refractivity contribution in [3.8, 4) is 0 Å². The second-order valence-corrected chi connectivity index (χ2v) is 6.12. The van der Waals surface area contributed by atoms with Crippen LogP contribution in [0.25, 0.3) is 0 Å². The van der Waals surface area contributed by atoms with Crippen LogP contribution < -0.4 is 5.32 Å². The van der Waals surface area contributed by atoms with E-state index in [4.69, 9.17) is 0 Å². The number of hydrogen-bond donors (Lipinski definition) is 1. The van der Waals surface area contributed by atoms with Crippen LogP contribution in [-0.2, 0) is 4.79 Å². The minimum Gasteiger partial charge on any atom is -0.359 e. The summed E-state index contributed by atoms with van der Waals surface area (Å²) in [6.07, 6.45) is 4.84. The molecule has 2 nitrogen and oxygen atoms in total. The maximum atomic E-state index is 12.0. The number of amides is 1. The van der Waals surface area contributed by atoms with Gasteiger partial charge in [-0.25, -0.2) is 0 Å². The van der Waals surface area contributed by atoms with Crippen LogP contribution in [0.15, 0.2) is 0 Å². The summed E-state index contributed by atoms with van der Waals surface area (Å²) in [5, 5.41) is 2.85. The Morgan fingerprint density at radius 1 is 1.29 bits per heavy atom. The van der Waals surface area contributed by atoms with Gasteiger partial charge >= 0.3 is 0 Å². The molecule has 4 atom stereocenters. The summed E-state index contributed by atoms with van der Waals surface area (Å²) < 4.78 is 0. The molecule has 1 rings (SSSR count). The molecule has 1 fully saturated rings. The summed E-state index contributed by atoms with van der Waals surface area (Å²) in [4.78, 5) is 12.0. The van der Waals surface area contributed by atoms with Gasteiger partial charge in [-0.3, -0.25) is 4.79 Å². The Hall–Kier alpha value is -0.530. The second-order valence-electron chi connectivity index (χ2n) is 6.12. The fraction of sp³-hybridized carbons (Fsp3) is 0.933. The molecule has 1 aliphatic rings. The first-order valence-electron chi connectivity index (χ1n) is 7.22. The summed E-state index contributed by atoms with van der Waals surface area (Å²) in [6, 6.07) is 0. The number of carbonyl (C=O) groups is 1. The van der Waals surface area contributed by atoms with Gasteiger partial charge in [-0.2, -0.15) is 0 Å². The number of carbonyl (C=O) groups excluding carboxylic acids is 1. The quantitative estimate of drug-likeness (QED) is 0.799. The summed E-state index contributed by atoms with van der Waals surface area (Å²) >= 11 is 0. The topological polar surface area (TPSA) is 29.1 Å². The molecule has 0 aromatic carbocycles. The van der Waals surface area contributed by atoms with Crippen LogP contribution in [-0.4, -0.2) is 13.0 Å². The number of rotatable bonds is 4. The molecule has 100 valence electrons. The van der Waals surface area contributed by atoms with Gasteiger partial charge < -0.3 is 5.32 Å². The Morgan fingerprint density at radius 3 is 2.41 bits per heavy atom. The van der Waals surface area contributed by atoms with Crippen molar-refractivity contribution in [3.05, 3.63) is 0 Å². The molecule has 2 heteroatoms. The van der Waals surface area contributed by atoms with Crippen LogP contribution in [0, 0.1) is 29.6 Å². The van der Waals surface area contributed by atoms with E-state index in [2.05, 4.69) is 33.0 Å². The molecule has 1 amide bonds. The first-order chi connectivity index (χ1) is 8.01. The van der Waals surface area contributed by atoms with Crippen molar-refractivity contribution in [2.45, 2.75) is 53.4 Å². The van der Waals surface area contributed by atoms with E-state index in [1.807, 2.05) is 0 Å². The van der Waals surface area contributed by atoms with Crippen molar-refractivity contribution in [1.82, 2.24) is 5.32 Å². The molecule has 0 radical (unpaired) electrons. The molecule has 4 unspecified atom stereocenters. The standard InChI is InChI=1S/C15H29NO/c1-6-12(15(17)16-5)14-9-11(4)7-8-13(14)10(2)3/h10-14H,6-9H2,1-5H3,(H,16,17). The van der Waals surface area contributed by atoms with Crippen LogP contribution in [0.3, 0.4) is 0 Å². The predicted molar refractivity (Wildman–Crippen MR) is 72.7 cm³/mol. The average Bonchev–Trinajstić information content (AvgIpc) is 2.29. The first-order valence-corrected chi connectivity index (χ1v) is 7.22. The van der Waals surface area contributed by atoms with Crippen molar-refractivity contribution in [2.24, 2.45) is 29.6 Å². The monoisotopic (exact) mass is 239 g/mol. The Kier molecular flexibility index (Phi) is 5.48. The lowest BCUT2D eigenvalue weighted by Gasteiger charge is -2.41. The fourth-order valence-electron chi connectivity index (χ4n) is 3.61. The molecule has 0 aromatic rings. The van der Waals surface area contributed by atoms with E-state index < -0.39 is 0 Å². The summed E-state index contributed by atoms with van der Waals surface area (Å²) in [6.45, 7) is 9.10. The van der Waals surface area contributed by atoms with Crippen molar-refractivity contribution in [2.75, 3.05) is 7.05 Å². The van der Waals surface area contributed by atoms with Gasteiger partial charge in [0.15, 0.2) is 0 Å². The van der Waals surface area contributed by atoms with Gasteiger partial charge in [0.1, 0.15) is 0 Å². The van der Waals surface area contributed by atoms with Crippen molar-refractivity contribution >= 4 is 5.91 Å². The Morgan fingerprint density at radius 2 is 1.94 bits per heavy atom. The van der Waals surface area contributed by atoms with Crippen LogP contribution in [0.5, 0.6) is 0 Å². The molecule has 1 aliphatic carbocycles. The maximum Gasteiger partial charge on any atom is 0.223 e. The molecule has 0 spiro atoms. The van der Waals surface area contributed by atoms with Crippen LogP contribution >= 0.6 is 0 Å². The highest BCUT2D eigenvalue weighted by atomic mass is 16.1. The summed E-state index contributed by atoms with van der Waals surface area (Å²) in [7, 11) is 1.77. The van der Waals surface area contributed by atoms with E-state index in [1.165, 1.54) is 19.3 Å². The summed E-state index contributed by atoms with van der Waals surface area (Å²) in [5.41, 5.74) is 0. The zero-order valence-electron chi connectivity index (χ0n) is 12.1. The average molecular weight is 239 g/mol.